The summed E-state index contributed by atoms with van der Waals surface area (Å²) in [6.45, 7) is 1.91. The minimum absolute atomic E-state index is 0.329. The predicted octanol–water partition coefficient (Wildman–Crippen LogP) is 5.82. The molecule has 0 aliphatic carbocycles. The molecule has 0 radical (unpaired) electrons. The SMILES string of the molecule is Cc1ccncc1-c1ccc2[nH]nc(-c3nc4c(-c5cccc(F)c5)nccc4[nH]3)c2c1F. The summed E-state index contributed by atoms with van der Waals surface area (Å²) >= 11 is 0. The fraction of sp³-hybridized carbons (Fsp3) is 0.0400. The average Bonchev–Trinajstić information content (AvgIpc) is 3.44. The molecule has 2 aromatic carbocycles. The number of hydrogen-bond donors (Lipinski definition) is 2. The molecule has 0 unspecified atom stereocenters. The molecule has 0 atom stereocenters. The lowest BCUT2D eigenvalue weighted by molar-refractivity contribution is 0.628. The zero-order chi connectivity index (χ0) is 22.5. The van der Waals surface area contributed by atoms with Crippen LogP contribution >= 0.6 is 0 Å². The van der Waals surface area contributed by atoms with E-state index < -0.39 is 5.82 Å². The van der Waals surface area contributed by atoms with Gasteiger partial charge < -0.3 is 4.98 Å². The number of pyridine rings is 2. The van der Waals surface area contributed by atoms with Crippen molar-refractivity contribution in [2.45, 2.75) is 6.92 Å². The molecule has 0 aliphatic rings. The molecule has 0 saturated heterocycles. The minimum atomic E-state index is -0.406. The number of nitrogens with one attached hydrogen (secondary N) is 2. The minimum Gasteiger partial charge on any atom is -0.336 e. The largest absolute Gasteiger partial charge is 0.336 e. The average molecular weight is 438 g/mol. The number of H-pyrrole nitrogens is 2. The Bertz CT molecular complexity index is 1670. The van der Waals surface area contributed by atoms with Crippen LogP contribution in [0.2, 0.25) is 0 Å². The summed E-state index contributed by atoms with van der Waals surface area (Å²) in [6, 6.07) is 13.3. The van der Waals surface area contributed by atoms with Crippen LogP contribution < -0.4 is 0 Å². The molecule has 0 amide bonds. The van der Waals surface area contributed by atoms with E-state index in [0.717, 1.165) is 5.56 Å². The first-order valence-corrected chi connectivity index (χ1v) is 10.3. The number of nitrogens with zero attached hydrogens (tertiary/aromatic N) is 4. The van der Waals surface area contributed by atoms with Gasteiger partial charge in [0, 0.05) is 35.3 Å². The van der Waals surface area contributed by atoms with Crippen LogP contribution in [-0.4, -0.2) is 30.1 Å². The number of imidazole rings is 1. The van der Waals surface area contributed by atoms with Crippen molar-refractivity contribution in [1.82, 2.24) is 30.1 Å². The fourth-order valence-corrected chi connectivity index (χ4v) is 4.09. The molecular formula is C25H16F2N6. The highest BCUT2D eigenvalue weighted by atomic mass is 19.1. The maximum absolute atomic E-state index is 15.8. The number of aryl methyl sites for hydroxylation is 1. The van der Waals surface area contributed by atoms with E-state index in [-0.39, 0.29) is 5.82 Å². The van der Waals surface area contributed by atoms with Crippen LogP contribution in [0, 0.1) is 18.6 Å². The lowest BCUT2D eigenvalue weighted by Crippen LogP contribution is -1.91. The van der Waals surface area contributed by atoms with Crippen molar-refractivity contribution in [2.24, 2.45) is 0 Å². The second-order valence-corrected chi connectivity index (χ2v) is 7.76. The molecule has 4 aromatic heterocycles. The maximum atomic E-state index is 15.8. The monoisotopic (exact) mass is 438 g/mol. The summed E-state index contributed by atoms with van der Waals surface area (Å²) in [6.07, 6.45) is 4.95. The normalized spacial score (nSPS) is 11.5. The Morgan fingerprint density at radius 1 is 0.879 bits per heavy atom. The van der Waals surface area contributed by atoms with Crippen LogP contribution in [0.25, 0.3) is 55.8 Å². The van der Waals surface area contributed by atoms with Gasteiger partial charge in [-0.1, -0.05) is 12.1 Å². The van der Waals surface area contributed by atoms with Gasteiger partial charge in [-0.3, -0.25) is 15.1 Å². The van der Waals surface area contributed by atoms with E-state index in [1.54, 1.807) is 48.9 Å². The van der Waals surface area contributed by atoms with E-state index in [1.165, 1.54) is 12.1 Å². The smallest absolute Gasteiger partial charge is 0.159 e. The molecular weight excluding hydrogens is 422 g/mol. The Balaban J connectivity index is 1.56. The van der Waals surface area contributed by atoms with Gasteiger partial charge in [0.2, 0.25) is 0 Å². The molecule has 0 spiro atoms. The number of fused-ring (bicyclic) bond motifs is 2. The first-order chi connectivity index (χ1) is 16.1. The van der Waals surface area contributed by atoms with Crippen molar-refractivity contribution >= 4 is 21.9 Å². The second-order valence-electron chi connectivity index (χ2n) is 7.76. The highest BCUT2D eigenvalue weighted by molar-refractivity contribution is 5.98. The van der Waals surface area contributed by atoms with E-state index in [2.05, 4.69) is 30.1 Å². The summed E-state index contributed by atoms with van der Waals surface area (Å²) in [5, 5.41) is 7.56. The van der Waals surface area contributed by atoms with Crippen LogP contribution in [0.15, 0.2) is 67.1 Å². The van der Waals surface area contributed by atoms with Gasteiger partial charge in [0.1, 0.15) is 22.8 Å². The van der Waals surface area contributed by atoms with Crippen molar-refractivity contribution in [1.29, 1.82) is 0 Å². The van der Waals surface area contributed by atoms with Crippen LogP contribution in [-0.2, 0) is 0 Å². The van der Waals surface area contributed by atoms with E-state index in [0.29, 0.717) is 55.8 Å². The Morgan fingerprint density at radius 2 is 1.79 bits per heavy atom. The predicted molar refractivity (Wildman–Crippen MR) is 122 cm³/mol. The van der Waals surface area contributed by atoms with Crippen molar-refractivity contribution in [2.75, 3.05) is 0 Å². The van der Waals surface area contributed by atoms with Gasteiger partial charge in [0.25, 0.3) is 0 Å². The molecule has 160 valence electrons. The quantitative estimate of drug-likeness (QED) is 0.365. The third-order valence-corrected chi connectivity index (χ3v) is 5.72. The molecule has 6 rings (SSSR count). The summed E-state index contributed by atoms with van der Waals surface area (Å²) in [5.41, 5.74) is 5.35. The Kier molecular flexibility index (Phi) is 4.26. The molecule has 33 heavy (non-hydrogen) atoms. The standard InChI is InChI=1S/C25H16F2N6/c1-13-7-9-28-12-17(13)16-5-6-18-20(21(16)27)24(33-32-18)25-30-19-8-10-29-22(23(19)31-25)14-3-2-4-15(26)11-14/h2-12H,1H3,(H,30,31)(H,32,33). The van der Waals surface area contributed by atoms with Gasteiger partial charge >= 0.3 is 0 Å². The van der Waals surface area contributed by atoms with Crippen LogP contribution in [0.5, 0.6) is 0 Å². The summed E-state index contributed by atoms with van der Waals surface area (Å²) in [7, 11) is 0. The lowest BCUT2D eigenvalue weighted by atomic mass is 10.00. The first kappa shape index (κ1) is 19.2. The van der Waals surface area contributed by atoms with E-state index in [4.69, 9.17) is 0 Å². The summed E-state index contributed by atoms with van der Waals surface area (Å²) < 4.78 is 29.6. The molecule has 6 nitrogen and oxygen atoms in total. The van der Waals surface area contributed by atoms with Gasteiger partial charge in [0.05, 0.1) is 22.1 Å². The van der Waals surface area contributed by atoms with Crippen LogP contribution in [0.3, 0.4) is 0 Å². The summed E-state index contributed by atoms with van der Waals surface area (Å²) in [4.78, 5) is 16.4. The van der Waals surface area contributed by atoms with Crippen molar-refractivity contribution < 1.29 is 8.78 Å². The Hall–Kier alpha value is -4.46. The maximum Gasteiger partial charge on any atom is 0.159 e. The van der Waals surface area contributed by atoms with Crippen molar-refractivity contribution in [3.8, 4) is 33.9 Å². The molecule has 0 fully saturated rings. The number of rotatable bonds is 3. The van der Waals surface area contributed by atoms with E-state index >= 15 is 4.39 Å². The second kappa shape index (κ2) is 7.30. The lowest BCUT2D eigenvalue weighted by Gasteiger charge is -2.07. The number of hydrogen-bond acceptors (Lipinski definition) is 4. The Labute approximate surface area is 186 Å². The molecule has 8 heteroatoms. The van der Waals surface area contributed by atoms with Gasteiger partial charge in [-0.15, -0.1) is 0 Å². The van der Waals surface area contributed by atoms with Crippen molar-refractivity contribution in [3.63, 3.8) is 0 Å². The number of aromatic amines is 2. The van der Waals surface area contributed by atoms with Gasteiger partial charge in [0.15, 0.2) is 5.82 Å². The van der Waals surface area contributed by atoms with Crippen LogP contribution in [0.4, 0.5) is 8.78 Å². The van der Waals surface area contributed by atoms with Gasteiger partial charge in [-0.2, -0.15) is 5.10 Å². The zero-order valence-electron chi connectivity index (χ0n) is 17.4. The molecule has 6 aromatic rings. The Morgan fingerprint density at radius 3 is 2.64 bits per heavy atom. The summed E-state index contributed by atoms with van der Waals surface area (Å²) in [5.74, 6) is -0.377. The fourth-order valence-electron chi connectivity index (χ4n) is 4.09. The van der Waals surface area contributed by atoms with Gasteiger partial charge in [-0.25, -0.2) is 13.8 Å². The third kappa shape index (κ3) is 3.07. The highest BCUT2D eigenvalue weighted by Gasteiger charge is 2.21. The molecule has 0 saturated carbocycles. The van der Waals surface area contributed by atoms with Crippen molar-refractivity contribution in [3.05, 3.63) is 84.3 Å². The first-order valence-electron chi connectivity index (χ1n) is 10.3. The number of benzene rings is 2. The topological polar surface area (TPSA) is 83.1 Å². The molecule has 0 bridgehead atoms. The van der Waals surface area contributed by atoms with E-state index in [9.17, 15) is 4.39 Å². The van der Waals surface area contributed by atoms with Crippen LogP contribution in [0.1, 0.15) is 5.56 Å². The van der Waals surface area contributed by atoms with E-state index in [1.807, 2.05) is 13.0 Å². The molecule has 0 aliphatic heterocycles. The van der Waals surface area contributed by atoms with Gasteiger partial charge in [-0.05, 0) is 48.9 Å². The number of aromatic nitrogens is 6. The molecule has 4 heterocycles. The zero-order valence-corrected chi connectivity index (χ0v) is 17.4. The number of halogens is 2. The molecule has 2 N–H and O–H groups in total. The highest BCUT2D eigenvalue weighted by Crippen LogP contribution is 2.35. The third-order valence-electron chi connectivity index (χ3n) is 5.72.